The number of hydrogen-bond acceptors (Lipinski definition) is 4. The fourth-order valence-electron chi connectivity index (χ4n) is 2.54. The van der Waals surface area contributed by atoms with Crippen LogP contribution in [0.25, 0.3) is 0 Å². The van der Waals surface area contributed by atoms with Crippen LogP contribution in [0.4, 0.5) is 0 Å². The standard InChI is InChI=1S/C14H26N2O3/c17-7-9-19-8-6-16-5-1-2-13(11-16)14(18)15-10-12-3-4-12/h12-13,17H,1-11H2,(H,15,18). The van der Waals surface area contributed by atoms with Gasteiger partial charge in [0.25, 0.3) is 0 Å². The maximum Gasteiger partial charge on any atom is 0.224 e. The van der Waals surface area contributed by atoms with E-state index in [0.29, 0.717) is 13.2 Å². The molecule has 2 fully saturated rings. The molecule has 0 aromatic carbocycles. The summed E-state index contributed by atoms with van der Waals surface area (Å²) in [4.78, 5) is 14.3. The van der Waals surface area contributed by atoms with Crippen LogP contribution in [-0.2, 0) is 9.53 Å². The molecule has 2 N–H and O–H groups in total. The number of aliphatic hydroxyl groups is 1. The van der Waals surface area contributed by atoms with Crippen molar-refractivity contribution in [2.75, 3.05) is 46.0 Å². The van der Waals surface area contributed by atoms with Crippen molar-refractivity contribution in [3.8, 4) is 0 Å². The highest BCUT2D eigenvalue weighted by Crippen LogP contribution is 2.27. The Hall–Kier alpha value is -0.650. The number of nitrogens with one attached hydrogen (secondary N) is 1. The fraction of sp³-hybridized carbons (Fsp3) is 0.929. The second-order valence-corrected chi connectivity index (χ2v) is 5.66. The average Bonchev–Trinajstić information content (AvgIpc) is 3.25. The quantitative estimate of drug-likeness (QED) is 0.620. The number of carbonyl (C=O) groups excluding carboxylic acids is 1. The van der Waals surface area contributed by atoms with Crippen LogP contribution in [0.1, 0.15) is 25.7 Å². The lowest BCUT2D eigenvalue weighted by Gasteiger charge is -2.31. The van der Waals surface area contributed by atoms with E-state index in [1.165, 1.54) is 12.8 Å². The van der Waals surface area contributed by atoms with Gasteiger partial charge in [0.1, 0.15) is 0 Å². The summed E-state index contributed by atoms with van der Waals surface area (Å²) < 4.78 is 5.28. The van der Waals surface area contributed by atoms with Gasteiger partial charge in [0.05, 0.1) is 25.7 Å². The van der Waals surface area contributed by atoms with E-state index in [1.54, 1.807) is 0 Å². The molecule has 1 saturated heterocycles. The third kappa shape index (κ3) is 5.47. The molecule has 5 heteroatoms. The first-order valence-corrected chi connectivity index (χ1v) is 7.48. The Kier molecular flexibility index (Phi) is 6.07. The number of ether oxygens (including phenoxy) is 1. The van der Waals surface area contributed by atoms with E-state index in [-0.39, 0.29) is 18.4 Å². The van der Waals surface area contributed by atoms with E-state index in [1.807, 2.05) is 0 Å². The van der Waals surface area contributed by atoms with Crippen LogP contribution in [0.2, 0.25) is 0 Å². The molecule has 110 valence electrons. The van der Waals surface area contributed by atoms with Crippen LogP contribution < -0.4 is 5.32 Å². The normalized spacial score (nSPS) is 24.4. The van der Waals surface area contributed by atoms with Gasteiger partial charge < -0.3 is 20.1 Å². The van der Waals surface area contributed by atoms with Crippen LogP contribution in [-0.4, -0.2) is 61.9 Å². The van der Waals surface area contributed by atoms with Gasteiger partial charge >= 0.3 is 0 Å². The number of amides is 1. The third-order valence-electron chi connectivity index (χ3n) is 3.93. The van der Waals surface area contributed by atoms with Gasteiger partial charge in [-0.15, -0.1) is 0 Å². The molecule has 0 aromatic rings. The Labute approximate surface area is 115 Å². The zero-order chi connectivity index (χ0) is 13.5. The number of piperidine rings is 1. The first-order chi connectivity index (χ1) is 9.29. The van der Waals surface area contributed by atoms with Gasteiger partial charge in [-0.2, -0.15) is 0 Å². The Bertz CT molecular complexity index is 282. The van der Waals surface area contributed by atoms with Gasteiger partial charge in [0, 0.05) is 19.6 Å². The number of carbonyl (C=O) groups is 1. The van der Waals surface area contributed by atoms with E-state index in [4.69, 9.17) is 9.84 Å². The third-order valence-corrected chi connectivity index (χ3v) is 3.93. The summed E-state index contributed by atoms with van der Waals surface area (Å²) in [7, 11) is 0. The molecule has 0 spiro atoms. The highest BCUT2D eigenvalue weighted by atomic mass is 16.5. The zero-order valence-corrected chi connectivity index (χ0v) is 11.6. The fourth-order valence-corrected chi connectivity index (χ4v) is 2.54. The van der Waals surface area contributed by atoms with Gasteiger partial charge in [-0.1, -0.05) is 0 Å². The van der Waals surface area contributed by atoms with Gasteiger partial charge in [-0.25, -0.2) is 0 Å². The van der Waals surface area contributed by atoms with Gasteiger partial charge in [0.15, 0.2) is 0 Å². The number of hydrogen-bond donors (Lipinski definition) is 2. The van der Waals surface area contributed by atoms with Crippen molar-refractivity contribution in [1.29, 1.82) is 0 Å². The first kappa shape index (κ1) is 14.8. The Morgan fingerprint density at radius 1 is 1.32 bits per heavy atom. The van der Waals surface area contributed by atoms with Crippen molar-refractivity contribution in [3.63, 3.8) is 0 Å². The van der Waals surface area contributed by atoms with Crippen molar-refractivity contribution in [2.45, 2.75) is 25.7 Å². The van der Waals surface area contributed by atoms with Crippen molar-refractivity contribution < 1.29 is 14.6 Å². The molecule has 2 rings (SSSR count). The van der Waals surface area contributed by atoms with Crippen molar-refractivity contribution in [3.05, 3.63) is 0 Å². The molecule has 1 aliphatic carbocycles. The molecule has 0 radical (unpaired) electrons. The Balaban J connectivity index is 1.62. The molecule has 1 amide bonds. The monoisotopic (exact) mass is 270 g/mol. The molecule has 1 saturated carbocycles. The van der Waals surface area contributed by atoms with Crippen LogP contribution >= 0.6 is 0 Å². The molecule has 1 heterocycles. The maximum atomic E-state index is 12.1. The van der Waals surface area contributed by atoms with Crippen molar-refractivity contribution in [2.24, 2.45) is 11.8 Å². The predicted octanol–water partition coefficient (Wildman–Crippen LogP) is 0.234. The largest absolute Gasteiger partial charge is 0.394 e. The minimum absolute atomic E-state index is 0.0756. The topological polar surface area (TPSA) is 61.8 Å². The summed E-state index contributed by atoms with van der Waals surface area (Å²) in [5.74, 6) is 1.12. The number of nitrogens with zero attached hydrogens (tertiary/aromatic N) is 1. The van der Waals surface area contributed by atoms with Crippen LogP contribution in [0, 0.1) is 11.8 Å². The van der Waals surface area contributed by atoms with E-state index >= 15 is 0 Å². The van der Waals surface area contributed by atoms with E-state index in [9.17, 15) is 4.79 Å². The highest BCUT2D eigenvalue weighted by molar-refractivity contribution is 5.79. The van der Waals surface area contributed by atoms with Crippen LogP contribution in [0.15, 0.2) is 0 Å². The molecule has 0 aromatic heterocycles. The lowest BCUT2D eigenvalue weighted by molar-refractivity contribution is -0.126. The zero-order valence-electron chi connectivity index (χ0n) is 11.6. The number of aliphatic hydroxyl groups excluding tert-OH is 1. The second kappa shape index (κ2) is 7.82. The van der Waals surface area contributed by atoms with Gasteiger partial charge in [0.2, 0.25) is 5.91 Å². The summed E-state index contributed by atoms with van der Waals surface area (Å²) >= 11 is 0. The first-order valence-electron chi connectivity index (χ1n) is 7.48. The van der Waals surface area contributed by atoms with Crippen molar-refractivity contribution >= 4 is 5.91 Å². The van der Waals surface area contributed by atoms with E-state index < -0.39 is 0 Å². The van der Waals surface area contributed by atoms with E-state index in [2.05, 4.69) is 10.2 Å². The summed E-state index contributed by atoms with van der Waals surface area (Å²) in [6.45, 7) is 4.73. The molecule has 1 atom stereocenters. The molecule has 0 bridgehead atoms. The predicted molar refractivity (Wildman–Crippen MR) is 72.8 cm³/mol. The molecule has 1 aliphatic heterocycles. The summed E-state index contributed by atoms with van der Waals surface area (Å²) in [5, 5.41) is 11.7. The molecule has 19 heavy (non-hydrogen) atoms. The minimum atomic E-state index is 0.0756. The molecule has 2 aliphatic rings. The molecular formula is C14H26N2O3. The maximum absolute atomic E-state index is 12.1. The smallest absolute Gasteiger partial charge is 0.224 e. The lowest BCUT2D eigenvalue weighted by Crippen LogP contribution is -2.44. The van der Waals surface area contributed by atoms with Gasteiger partial charge in [-0.05, 0) is 38.1 Å². The van der Waals surface area contributed by atoms with Crippen LogP contribution in [0.3, 0.4) is 0 Å². The van der Waals surface area contributed by atoms with E-state index in [0.717, 1.165) is 44.9 Å². The molecule has 5 nitrogen and oxygen atoms in total. The summed E-state index contributed by atoms with van der Waals surface area (Å²) in [6, 6.07) is 0. The second-order valence-electron chi connectivity index (χ2n) is 5.66. The van der Waals surface area contributed by atoms with Crippen LogP contribution in [0.5, 0.6) is 0 Å². The number of rotatable bonds is 8. The highest BCUT2D eigenvalue weighted by Gasteiger charge is 2.27. The summed E-state index contributed by atoms with van der Waals surface area (Å²) in [6.07, 6.45) is 4.64. The summed E-state index contributed by atoms with van der Waals surface area (Å²) in [5.41, 5.74) is 0. The average molecular weight is 270 g/mol. The number of likely N-dealkylation sites (tertiary alicyclic amines) is 1. The SMILES string of the molecule is O=C(NCC1CC1)C1CCCN(CCOCCO)C1. The lowest BCUT2D eigenvalue weighted by atomic mass is 9.97. The van der Waals surface area contributed by atoms with Crippen molar-refractivity contribution in [1.82, 2.24) is 10.2 Å². The Morgan fingerprint density at radius 2 is 2.16 bits per heavy atom. The molecule has 1 unspecified atom stereocenters. The van der Waals surface area contributed by atoms with Gasteiger partial charge in [-0.3, -0.25) is 4.79 Å². The molecular weight excluding hydrogens is 244 g/mol. The minimum Gasteiger partial charge on any atom is -0.394 e. The Morgan fingerprint density at radius 3 is 2.89 bits per heavy atom.